The molecule has 6 nitrogen and oxygen atoms in total. The molecule has 4 rings (SSSR count). The Hall–Kier alpha value is -3.51. The van der Waals surface area contributed by atoms with Crippen molar-refractivity contribution in [2.24, 2.45) is 0 Å². The first kappa shape index (κ1) is 22.7. The molecule has 0 unspecified atom stereocenters. The van der Waals surface area contributed by atoms with Crippen molar-refractivity contribution < 1.29 is 9.59 Å². The Balaban J connectivity index is 1.56. The van der Waals surface area contributed by atoms with E-state index in [1.807, 2.05) is 44.2 Å². The highest BCUT2D eigenvalue weighted by Crippen LogP contribution is 2.32. The minimum absolute atomic E-state index is 0.197. The smallest absolute Gasteiger partial charge is 0.323 e. The molecule has 1 aliphatic rings. The summed E-state index contributed by atoms with van der Waals surface area (Å²) in [4.78, 5) is 27.8. The minimum Gasteiger partial charge on any atom is -0.370 e. The Labute approximate surface area is 198 Å². The van der Waals surface area contributed by atoms with Crippen LogP contribution >= 0.6 is 11.6 Å². The maximum absolute atomic E-state index is 12.8. The number of rotatable bonds is 5. The van der Waals surface area contributed by atoms with E-state index in [1.165, 1.54) is 0 Å². The van der Waals surface area contributed by atoms with E-state index in [9.17, 15) is 9.59 Å². The molecular weight excluding hydrogens is 436 g/mol. The Morgan fingerprint density at radius 1 is 0.848 bits per heavy atom. The summed E-state index contributed by atoms with van der Waals surface area (Å²) in [5.74, 6) is -0.197. The molecule has 1 saturated heterocycles. The average Bonchev–Trinajstić information content (AvgIpc) is 3.32. The van der Waals surface area contributed by atoms with Crippen LogP contribution in [0.5, 0.6) is 0 Å². The average molecular weight is 463 g/mol. The van der Waals surface area contributed by atoms with Crippen LogP contribution in [0.1, 0.15) is 34.3 Å². The second-order valence-corrected chi connectivity index (χ2v) is 8.65. The van der Waals surface area contributed by atoms with Gasteiger partial charge in [-0.15, -0.1) is 0 Å². The van der Waals surface area contributed by atoms with Gasteiger partial charge in [-0.3, -0.25) is 4.79 Å². The number of anilines is 4. The minimum atomic E-state index is -0.372. The third-order valence-corrected chi connectivity index (χ3v) is 6.15. The molecule has 3 amide bonds. The lowest BCUT2D eigenvalue weighted by atomic mass is 10.1. The lowest BCUT2D eigenvalue weighted by Crippen LogP contribution is -2.24. The van der Waals surface area contributed by atoms with Gasteiger partial charge in [0, 0.05) is 35.1 Å². The fourth-order valence-electron chi connectivity index (χ4n) is 3.96. The van der Waals surface area contributed by atoms with E-state index >= 15 is 0 Å². The number of hydrogen-bond donors (Lipinski definition) is 3. The van der Waals surface area contributed by atoms with E-state index in [0.717, 1.165) is 42.7 Å². The van der Waals surface area contributed by atoms with Gasteiger partial charge in [0.1, 0.15) is 0 Å². The molecule has 7 heteroatoms. The van der Waals surface area contributed by atoms with Gasteiger partial charge in [-0.1, -0.05) is 35.4 Å². The summed E-state index contributed by atoms with van der Waals surface area (Å²) in [6.45, 7) is 5.66. The number of amides is 3. The molecule has 1 fully saturated rings. The molecule has 0 aliphatic carbocycles. The van der Waals surface area contributed by atoms with Gasteiger partial charge < -0.3 is 20.9 Å². The predicted molar refractivity (Wildman–Crippen MR) is 136 cm³/mol. The van der Waals surface area contributed by atoms with Gasteiger partial charge >= 0.3 is 6.03 Å². The van der Waals surface area contributed by atoms with E-state index in [-0.39, 0.29) is 11.9 Å². The van der Waals surface area contributed by atoms with Crippen LogP contribution in [-0.4, -0.2) is 25.0 Å². The Bertz CT molecular complexity index is 1190. The van der Waals surface area contributed by atoms with Gasteiger partial charge in [-0.25, -0.2) is 4.79 Å². The normalized spacial score (nSPS) is 13.0. The van der Waals surface area contributed by atoms with Crippen molar-refractivity contribution in [3.8, 4) is 0 Å². The molecule has 3 aromatic carbocycles. The van der Waals surface area contributed by atoms with Gasteiger partial charge in [-0.2, -0.15) is 0 Å². The van der Waals surface area contributed by atoms with Crippen LogP contribution < -0.4 is 20.9 Å². The molecule has 3 aromatic rings. The van der Waals surface area contributed by atoms with Gasteiger partial charge in [0.15, 0.2) is 0 Å². The van der Waals surface area contributed by atoms with Gasteiger partial charge in [0.25, 0.3) is 5.91 Å². The summed E-state index contributed by atoms with van der Waals surface area (Å²) in [7, 11) is 0. The van der Waals surface area contributed by atoms with Crippen molar-refractivity contribution in [2.75, 3.05) is 33.9 Å². The van der Waals surface area contributed by atoms with Crippen LogP contribution in [0.15, 0.2) is 60.7 Å². The van der Waals surface area contributed by atoms with Crippen LogP contribution in [0.25, 0.3) is 0 Å². The molecular formula is C26H27ClN4O2. The van der Waals surface area contributed by atoms with Crippen molar-refractivity contribution in [1.82, 2.24) is 0 Å². The molecule has 0 saturated carbocycles. The quantitative estimate of drug-likeness (QED) is 0.407. The fraction of sp³-hybridized carbons (Fsp3) is 0.231. The van der Waals surface area contributed by atoms with Crippen molar-refractivity contribution in [2.45, 2.75) is 26.7 Å². The summed E-state index contributed by atoms with van der Waals surface area (Å²) >= 11 is 6.18. The number of carbonyl (C=O) groups excluding carboxylic acids is 2. The van der Waals surface area contributed by atoms with Crippen molar-refractivity contribution >= 4 is 46.3 Å². The highest BCUT2D eigenvalue weighted by Gasteiger charge is 2.19. The molecule has 0 radical (unpaired) electrons. The van der Waals surface area contributed by atoms with Gasteiger partial charge in [0.2, 0.25) is 0 Å². The Morgan fingerprint density at radius 3 is 2.33 bits per heavy atom. The van der Waals surface area contributed by atoms with Crippen molar-refractivity contribution in [3.63, 3.8) is 0 Å². The highest BCUT2D eigenvalue weighted by molar-refractivity contribution is 6.31. The molecule has 0 atom stereocenters. The number of benzene rings is 3. The maximum Gasteiger partial charge on any atom is 0.323 e. The topological polar surface area (TPSA) is 73.5 Å². The summed E-state index contributed by atoms with van der Waals surface area (Å²) in [6.07, 6.45) is 2.22. The zero-order valence-electron chi connectivity index (χ0n) is 18.7. The Kier molecular flexibility index (Phi) is 6.84. The highest BCUT2D eigenvalue weighted by atomic mass is 35.5. The maximum atomic E-state index is 12.8. The molecule has 0 aromatic heterocycles. The largest absolute Gasteiger partial charge is 0.370 e. The van der Waals surface area contributed by atoms with E-state index in [4.69, 9.17) is 11.6 Å². The number of nitrogens with one attached hydrogen (secondary N) is 3. The summed E-state index contributed by atoms with van der Waals surface area (Å²) in [6, 6.07) is 18.0. The standard InChI is InChI=1S/C26H27ClN4O2/c1-17-7-5-8-19(15-17)25(32)28-20-11-12-24(31-13-3-4-14-31)23(16-20)30-26(33)29-22-10-6-9-21(27)18(22)2/h5-12,15-16H,3-4,13-14H2,1-2H3,(H,28,32)(H2,29,30,33). The Morgan fingerprint density at radius 2 is 1.58 bits per heavy atom. The summed E-state index contributed by atoms with van der Waals surface area (Å²) < 4.78 is 0. The number of carbonyl (C=O) groups is 2. The number of urea groups is 1. The lowest BCUT2D eigenvalue weighted by Gasteiger charge is -2.23. The fourth-order valence-corrected chi connectivity index (χ4v) is 4.13. The van der Waals surface area contributed by atoms with Crippen LogP contribution in [0.3, 0.4) is 0 Å². The molecule has 1 aliphatic heterocycles. The second kappa shape index (κ2) is 9.96. The number of nitrogens with zero attached hydrogens (tertiary/aromatic N) is 1. The summed E-state index contributed by atoms with van der Waals surface area (Å²) in [5.41, 5.74) is 5.22. The first-order valence-corrected chi connectivity index (χ1v) is 11.4. The first-order chi connectivity index (χ1) is 15.9. The van der Waals surface area contributed by atoms with E-state index in [1.54, 1.807) is 30.3 Å². The SMILES string of the molecule is Cc1cccc(C(=O)Nc2ccc(N3CCCC3)c(NC(=O)Nc3cccc(Cl)c3C)c2)c1. The van der Waals surface area contributed by atoms with Crippen molar-refractivity contribution in [1.29, 1.82) is 0 Å². The van der Waals surface area contributed by atoms with Crippen LogP contribution in [0, 0.1) is 13.8 Å². The van der Waals surface area contributed by atoms with E-state index in [0.29, 0.717) is 27.6 Å². The number of aryl methyl sites for hydroxylation is 1. The van der Waals surface area contributed by atoms with E-state index in [2.05, 4.69) is 20.9 Å². The summed E-state index contributed by atoms with van der Waals surface area (Å²) in [5, 5.41) is 9.35. The van der Waals surface area contributed by atoms with Crippen LogP contribution in [0.4, 0.5) is 27.5 Å². The van der Waals surface area contributed by atoms with Crippen molar-refractivity contribution in [3.05, 3.63) is 82.4 Å². The molecule has 3 N–H and O–H groups in total. The number of halogens is 1. The monoisotopic (exact) mass is 462 g/mol. The zero-order valence-corrected chi connectivity index (χ0v) is 19.5. The van der Waals surface area contributed by atoms with Gasteiger partial charge in [0.05, 0.1) is 11.4 Å². The van der Waals surface area contributed by atoms with Crippen LogP contribution in [-0.2, 0) is 0 Å². The lowest BCUT2D eigenvalue weighted by molar-refractivity contribution is 0.102. The molecule has 33 heavy (non-hydrogen) atoms. The zero-order chi connectivity index (χ0) is 23.4. The number of hydrogen-bond acceptors (Lipinski definition) is 3. The van der Waals surface area contributed by atoms with Gasteiger partial charge in [-0.05, 0) is 74.7 Å². The predicted octanol–water partition coefficient (Wildman–Crippen LogP) is 6.45. The van der Waals surface area contributed by atoms with Crippen LogP contribution in [0.2, 0.25) is 5.02 Å². The third kappa shape index (κ3) is 5.46. The molecule has 0 bridgehead atoms. The molecule has 170 valence electrons. The third-order valence-electron chi connectivity index (χ3n) is 5.75. The first-order valence-electron chi connectivity index (χ1n) is 11.0. The molecule has 0 spiro atoms. The molecule has 1 heterocycles. The second-order valence-electron chi connectivity index (χ2n) is 8.24. The van der Waals surface area contributed by atoms with E-state index < -0.39 is 0 Å².